The Morgan fingerprint density at radius 1 is 1.53 bits per heavy atom. The molecule has 0 unspecified atom stereocenters. The van der Waals surface area contributed by atoms with Crippen molar-refractivity contribution >= 4 is 34.6 Å². The van der Waals surface area contributed by atoms with Crippen molar-refractivity contribution in [2.75, 3.05) is 0 Å². The summed E-state index contributed by atoms with van der Waals surface area (Å²) in [6.45, 7) is 0. The summed E-state index contributed by atoms with van der Waals surface area (Å²) in [6.07, 6.45) is -4.30. The number of ether oxygens (including phenoxy) is 1. The first-order valence-corrected chi connectivity index (χ1v) is 4.88. The summed E-state index contributed by atoms with van der Waals surface area (Å²) in [5, 5.41) is 10.6. The van der Waals surface area contributed by atoms with E-state index < -0.39 is 32.0 Å². The molecule has 92 valence electrons. The van der Waals surface area contributed by atoms with Crippen LogP contribution < -0.4 is 4.74 Å². The lowest BCUT2D eigenvalue weighted by atomic mass is 10.3. The molecule has 0 aliphatic carbocycles. The monoisotopic (exact) mass is 362 g/mol. The third-order valence-corrected chi connectivity index (χ3v) is 2.55. The molecule has 1 heterocycles. The molecule has 0 saturated heterocycles. The van der Waals surface area contributed by atoms with Gasteiger partial charge in [0.1, 0.15) is 3.57 Å². The predicted molar refractivity (Wildman–Crippen MR) is 55.7 cm³/mol. The van der Waals surface area contributed by atoms with Crippen LogP contribution in [0.25, 0.3) is 0 Å². The van der Waals surface area contributed by atoms with Crippen LogP contribution in [0.1, 0.15) is 10.5 Å². The summed E-state index contributed by atoms with van der Waals surface area (Å²) < 4.78 is 38.9. The fourth-order valence-corrected chi connectivity index (χ4v) is 1.65. The largest absolute Gasteiger partial charge is 0.573 e. The average molecular weight is 362 g/mol. The van der Waals surface area contributed by atoms with Crippen molar-refractivity contribution in [2.24, 2.45) is 0 Å². The van der Waals surface area contributed by atoms with Gasteiger partial charge in [-0.3, -0.25) is 14.9 Å². The second kappa shape index (κ2) is 4.81. The minimum Gasteiger partial charge on any atom is -0.403 e. The molecule has 0 aliphatic rings. The van der Waals surface area contributed by atoms with Gasteiger partial charge in [0.2, 0.25) is 0 Å². The molecule has 17 heavy (non-hydrogen) atoms. The zero-order chi connectivity index (χ0) is 13.2. The number of alkyl halides is 3. The highest BCUT2D eigenvalue weighted by Crippen LogP contribution is 2.34. The van der Waals surface area contributed by atoms with E-state index in [2.05, 4.69) is 9.72 Å². The third kappa shape index (κ3) is 3.25. The van der Waals surface area contributed by atoms with Gasteiger partial charge in [-0.25, -0.2) is 4.98 Å². The Labute approximate surface area is 105 Å². The molecule has 0 atom stereocenters. The zero-order valence-corrected chi connectivity index (χ0v) is 9.85. The quantitative estimate of drug-likeness (QED) is 0.357. The van der Waals surface area contributed by atoms with E-state index in [4.69, 9.17) is 0 Å². The Morgan fingerprint density at radius 3 is 2.53 bits per heavy atom. The van der Waals surface area contributed by atoms with Crippen molar-refractivity contribution in [3.8, 4) is 5.75 Å². The maximum atomic E-state index is 11.9. The van der Waals surface area contributed by atoms with Gasteiger partial charge in [-0.15, -0.1) is 13.2 Å². The van der Waals surface area contributed by atoms with Crippen LogP contribution in [0.15, 0.2) is 6.20 Å². The first kappa shape index (κ1) is 13.6. The lowest BCUT2D eigenvalue weighted by Gasteiger charge is -2.10. The van der Waals surface area contributed by atoms with Crippen LogP contribution in [-0.2, 0) is 0 Å². The SMILES string of the molecule is O=Cc1ncc(OC(F)(F)F)c(I)c1[N+](=O)[O-]. The Bertz CT molecular complexity index is 477. The van der Waals surface area contributed by atoms with Gasteiger partial charge in [-0.1, -0.05) is 0 Å². The Balaban J connectivity index is 3.33. The second-order valence-corrected chi connectivity index (χ2v) is 3.67. The summed E-state index contributed by atoms with van der Waals surface area (Å²) in [5.74, 6) is -0.824. The van der Waals surface area contributed by atoms with Crippen LogP contribution in [0.2, 0.25) is 0 Å². The Morgan fingerprint density at radius 2 is 2.12 bits per heavy atom. The van der Waals surface area contributed by atoms with Crippen LogP contribution in [0.3, 0.4) is 0 Å². The van der Waals surface area contributed by atoms with E-state index in [1.54, 1.807) is 0 Å². The molecule has 6 nitrogen and oxygen atoms in total. The summed E-state index contributed by atoms with van der Waals surface area (Å²) in [7, 11) is 0. The number of halogens is 4. The standard InChI is InChI=1S/C7H2F3IN2O4/c8-7(9,10)17-4-1-12-3(2-14)6(5(4)11)13(15)16/h1-2H. The van der Waals surface area contributed by atoms with Gasteiger partial charge >= 0.3 is 12.0 Å². The molecular formula is C7H2F3IN2O4. The maximum absolute atomic E-state index is 11.9. The van der Waals surface area contributed by atoms with E-state index in [9.17, 15) is 28.1 Å². The van der Waals surface area contributed by atoms with Crippen LogP contribution >= 0.6 is 22.6 Å². The first-order chi connectivity index (χ1) is 7.76. The highest BCUT2D eigenvalue weighted by Gasteiger charge is 2.34. The van der Waals surface area contributed by atoms with E-state index in [-0.39, 0.29) is 6.29 Å². The van der Waals surface area contributed by atoms with E-state index in [0.717, 1.165) is 0 Å². The summed E-state index contributed by atoms with van der Waals surface area (Å²) in [4.78, 5) is 23.3. The van der Waals surface area contributed by atoms with Gasteiger partial charge in [-0.05, 0) is 22.6 Å². The smallest absolute Gasteiger partial charge is 0.403 e. The average Bonchev–Trinajstić information content (AvgIpc) is 2.18. The number of hydrogen-bond acceptors (Lipinski definition) is 5. The first-order valence-electron chi connectivity index (χ1n) is 3.80. The lowest BCUT2D eigenvalue weighted by Crippen LogP contribution is -2.18. The number of carbonyl (C=O) groups is 1. The zero-order valence-electron chi connectivity index (χ0n) is 7.69. The van der Waals surface area contributed by atoms with Gasteiger partial charge in [0.15, 0.2) is 17.7 Å². The minimum absolute atomic E-state index is 0.0810. The van der Waals surface area contributed by atoms with Crippen molar-refractivity contribution < 1.29 is 27.6 Å². The van der Waals surface area contributed by atoms with Gasteiger partial charge in [0, 0.05) is 0 Å². The highest BCUT2D eigenvalue weighted by molar-refractivity contribution is 14.1. The second-order valence-electron chi connectivity index (χ2n) is 2.59. The topological polar surface area (TPSA) is 82.3 Å². The van der Waals surface area contributed by atoms with E-state index >= 15 is 0 Å². The molecule has 0 amide bonds. The molecule has 0 saturated carbocycles. The number of aromatic nitrogens is 1. The molecule has 0 bridgehead atoms. The van der Waals surface area contributed by atoms with Crippen molar-refractivity contribution in [1.29, 1.82) is 0 Å². The van der Waals surface area contributed by atoms with Gasteiger partial charge in [-0.2, -0.15) is 0 Å². The number of nitro groups is 1. The predicted octanol–water partition coefficient (Wildman–Crippen LogP) is 2.31. The molecule has 1 aromatic rings. The van der Waals surface area contributed by atoms with Gasteiger partial charge in [0.25, 0.3) is 0 Å². The Kier molecular flexibility index (Phi) is 3.85. The van der Waals surface area contributed by atoms with Crippen LogP contribution in [0, 0.1) is 13.7 Å². The normalized spacial score (nSPS) is 11.1. The molecule has 1 aromatic heterocycles. The Hall–Kier alpha value is -1.46. The van der Waals surface area contributed by atoms with Gasteiger partial charge in [0.05, 0.1) is 11.1 Å². The third-order valence-electron chi connectivity index (χ3n) is 1.51. The van der Waals surface area contributed by atoms with Crippen molar-refractivity contribution in [1.82, 2.24) is 4.98 Å². The molecular weight excluding hydrogens is 360 g/mol. The minimum atomic E-state index is -4.99. The van der Waals surface area contributed by atoms with Crippen LogP contribution in [0.4, 0.5) is 18.9 Å². The number of pyridine rings is 1. The van der Waals surface area contributed by atoms with E-state index in [1.165, 1.54) is 22.6 Å². The number of carbonyl (C=O) groups excluding carboxylic acids is 1. The van der Waals surface area contributed by atoms with Crippen molar-refractivity contribution in [3.63, 3.8) is 0 Å². The molecule has 0 N–H and O–H groups in total. The molecule has 0 radical (unpaired) electrons. The van der Waals surface area contributed by atoms with Crippen molar-refractivity contribution in [3.05, 3.63) is 25.6 Å². The van der Waals surface area contributed by atoms with Crippen LogP contribution in [0.5, 0.6) is 5.75 Å². The highest BCUT2D eigenvalue weighted by atomic mass is 127. The molecule has 0 fully saturated rings. The number of rotatable bonds is 3. The van der Waals surface area contributed by atoms with Crippen molar-refractivity contribution in [2.45, 2.75) is 6.36 Å². The number of nitrogens with zero attached hydrogens (tertiary/aromatic N) is 2. The van der Waals surface area contributed by atoms with Gasteiger partial charge < -0.3 is 4.74 Å². The molecule has 0 aliphatic heterocycles. The fraction of sp³-hybridized carbons (Fsp3) is 0.143. The summed E-state index contributed by atoms with van der Waals surface area (Å²) in [5.41, 5.74) is -1.38. The fourth-order valence-electron chi connectivity index (χ4n) is 0.931. The van der Waals surface area contributed by atoms with E-state index in [1.807, 2.05) is 0 Å². The molecule has 0 aromatic carbocycles. The van der Waals surface area contributed by atoms with Crippen LogP contribution in [-0.4, -0.2) is 22.6 Å². The summed E-state index contributed by atoms with van der Waals surface area (Å²) >= 11 is 1.28. The molecule has 1 rings (SSSR count). The van der Waals surface area contributed by atoms with E-state index in [0.29, 0.717) is 6.20 Å². The molecule has 0 spiro atoms. The maximum Gasteiger partial charge on any atom is 0.573 e. The molecule has 10 heteroatoms. The number of aldehydes is 1. The lowest BCUT2D eigenvalue weighted by molar-refractivity contribution is -0.386. The summed E-state index contributed by atoms with van der Waals surface area (Å²) in [6, 6.07) is 0. The number of hydrogen-bond donors (Lipinski definition) is 0.